The maximum atomic E-state index is 13.2. The highest BCUT2D eigenvalue weighted by atomic mass is 19.1. The second kappa shape index (κ2) is 5.07. The van der Waals surface area contributed by atoms with E-state index in [1.807, 2.05) is 6.92 Å². The highest BCUT2D eigenvalue weighted by molar-refractivity contribution is 5.99. The second-order valence-electron chi connectivity index (χ2n) is 6.23. The number of hydrogen-bond acceptors (Lipinski definition) is 1. The summed E-state index contributed by atoms with van der Waals surface area (Å²) in [6, 6.07) is 4.57. The van der Waals surface area contributed by atoms with E-state index in [2.05, 4.69) is 0 Å². The molecule has 0 radical (unpaired) electrons. The summed E-state index contributed by atoms with van der Waals surface area (Å²) in [5.41, 5.74) is 1.53. The van der Waals surface area contributed by atoms with Crippen molar-refractivity contribution in [2.75, 3.05) is 0 Å². The predicted molar refractivity (Wildman–Crippen MR) is 73.6 cm³/mol. The van der Waals surface area contributed by atoms with Gasteiger partial charge in [0, 0.05) is 11.5 Å². The lowest BCUT2D eigenvalue weighted by atomic mass is 9.62. The Morgan fingerprint density at radius 3 is 2.16 bits per heavy atom. The molecule has 2 aliphatic carbocycles. The number of ketones is 1. The van der Waals surface area contributed by atoms with E-state index in [0.717, 1.165) is 11.1 Å². The molecule has 0 amide bonds. The molecule has 1 nitrogen and oxygen atoms in total. The quantitative estimate of drug-likeness (QED) is 0.727. The molecule has 0 unspecified atom stereocenters. The van der Waals surface area contributed by atoms with Gasteiger partial charge >= 0.3 is 0 Å². The first kappa shape index (κ1) is 12.8. The number of hydrogen-bond donors (Lipinski definition) is 0. The van der Waals surface area contributed by atoms with Crippen LogP contribution >= 0.6 is 0 Å². The van der Waals surface area contributed by atoms with Gasteiger partial charge in [-0.25, -0.2) is 4.39 Å². The van der Waals surface area contributed by atoms with Crippen molar-refractivity contribution >= 4 is 5.78 Å². The highest BCUT2D eigenvalue weighted by Crippen LogP contribution is 2.46. The Hall–Kier alpha value is -1.18. The molecule has 0 bridgehead atoms. The van der Waals surface area contributed by atoms with Crippen molar-refractivity contribution < 1.29 is 9.18 Å². The molecule has 3 rings (SSSR count). The molecule has 0 aliphatic heterocycles. The summed E-state index contributed by atoms with van der Waals surface area (Å²) in [6.07, 6.45) is 7.34. The molecule has 0 atom stereocenters. The van der Waals surface area contributed by atoms with E-state index in [1.54, 1.807) is 6.07 Å². The van der Waals surface area contributed by atoms with Gasteiger partial charge in [0.2, 0.25) is 0 Å². The molecule has 2 fully saturated rings. The first-order chi connectivity index (χ1) is 9.16. The van der Waals surface area contributed by atoms with E-state index in [1.165, 1.54) is 50.7 Å². The van der Waals surface area contributed by atoms with Crippen LogP contribution in [0.25, 0.3) is 0 Å². The summed E-state index contributed by atoms with van der Waals surface area (Å²) in [4.78, 5) is 12.8. The zero-order chi connectivity index (χ0) is 13.4. The van der Waals surface area contributed by atoms with Gasteiger partial charge in [-0.2, -0.15) is 0 Å². The summed E-state index contributed by atoms with van der Waals surface area (Å²) in [5, 5.41) is 0. The van der Waals surface area contributed by atoms with Crippen LogP contribution in [0.15, 0.2) is 18.2 Å². The minimum atomic E-state index is -0.252. The fourth-order valence-electron chi connectivity index (χ4n) is 3.49. The first-order valence-corrected chi connectivity index (χ1v) is 7.47. The molecule has 2 aliphatic rings. The van der Waals surface area contributed by atoms with Crippen LogP contribution in [0, 0.1) is 30.5 Å². The topological polar surface area (TPSA) is 17.1 Å². The second-order valence-corrected chi connectivity index (χ2v) is 6.23. The monoisotopic (exact) mass is 260 g/mol. The van der Waals surface area contributed by atoms with Crippen molar-refractivity contribution in [2.45, 2.75) is 45.4 Å². The summed E-state index contributed by atoms with van der Waals surface area (Å²) in [6.45, 7) is 1.84. The lowest BCUT2D eigenvalue weighted by molar-refractivity contribution is 0.0578. The fourth-order valence-corrected chi connectivity index (χ4v) is 3.49. The van der Waals surface area contributed by atoms with Gasteiger partial charge in [0.05, 0.1) is 0 Å². The van der Waals surface area contributed by atoms with Crippen LogP contribution in [-0.2, 0) is 0 Å². The van der Waals surface area contributed by atoms with Crippen molar-refractivity contribution in [2.24, 2.45) is 17.8 Å². The fraction of sp³-hybridized carbons (Fsp3) is 0.588. The number of aryl methyl sites for hydroxylation is 1. The molecule has 2 saturated carbocycles. The van der Waals surface area contributed by atoms with Crippen molar-refractivity contribution in [3.8, 4) is 0 Å². The van der Waals surface area contributed by atoms with E-state index in [-0.39, 0.29) is 17.5 Å². The van der Waals surface area contributed by atoms with Gasteiger partial charge in [0.1, 0.15) is 5.82 Å². The van der Waals surface area contributed by atoms with Gasteiger partial charge in [-0.15, -0.1) is 0 Å². The predicted octanol–water partition coefficient (Wildman–Crippen LogP) is 4.53. The van der Waals surface area contributed by atoms with Crippen LogP contribution in [0.4, 0.5) is 4.39 Å². The third kappa shape index (κ3) is 2.33. The Labute approximate surface area is 114 Å². The van der Waals surface area contributed by atoms with Crippen LogP contribution in [0.2, 0.25) is 0 Å². The van der Waals surface area contributed by atoms with Crippen molar-refractivity contribution in [1.29, 1.82) is 0 Å². The smallest absolute Gasteiger partial charge is 0.166 e. The maximum Gasteiger partial charge on any atom is 0.166 e. The van der Waals surface area contributed by atoms with E-state index in [9.17, 15) is 9.18 Å². The van der Waals surface area contributed by atoms with Crippen LogP contribution in [0.5, 0.6) is 0 Å². The Kier molecular flexibility index (Phi) is 3.42. The molecule has 0 aromatic heterocycles. The largest absolute Gasteiger partial charge is 0.294 e. The van der Waals surface area contributed by atoms with E-state index in [0.29, 0.717) is 11.8 Å². The molecule has 102 valence electrons. The molecule has 0 N–H and O–H groups in total. The molecule has 0 saturated heterocycles. The molecule has 19 heavy (non-hydrogen) atoms. The highest BCUT2D eigenvalue weighted by Gasteiger charge is 2.40. The average Bonchev–Trinajstić information content (AvgIpc) is 2.22. The summed E-state index contributed by atoms with van der Waals surface area (Å²) >= 11 is 0. The van der Waals surface area contributed by atoms with E-state index in [4.69, 9.17) is 0 Å². The van der Waals surface area contributed by atoms with Gasteiger partial charge in [-0.1, -0.05) is 12.8 Å². The average molecular weight is 260 g/mol. The van der Waals surface area contributed by atoms with Crippen LogP contribution in [0.1, 0.15) is 54.4 Å². The zero-order valence-electron chi connectivity index (χ0n) is 11.5. The lowest BCUT2D eigenvalue weighted by Gasteiger charge is -2.41. The van der Waals surface area contributed by atoms with Crippen LogP contribution < -0.4 is 0 Å². The number of Topliss-reactive ketones (excluding diaryl/α,β-unsaturated/α-hetero) is 1. The summed E-state index contributed by atoms with van der Waals surface area (Å²) in [7, 11) is 0. The number of benzene rings is 1. The van der Waals surface area contributed by atoms with E-state index < -0.39 is 0 Å². The number of rotatable bonds is 4. The minimum Gasteiger partial charge on any atom is -0.294 e. The summed E-state index contributed by atoms with van der Waals surface area (Å²) < 4.78 is 13.2. The summed E-state index contributed by atoms with van der Waals surface area (Å²) in [5.74, 6) is 1.39. The van der Waals surface area contributed by atoms with Gasteiger partial charge in [0.25, 0.3) is 0 Å². The van der Waals surface area contributed by atoms with Gasteiger partial charge in [0.15, 0.2) is 5.78 Å². The first-order valence-electron chi connectivity index (χ1n) is 7.47. The Balaban J connectivity index is 1.86. The van der Waals surface area contributed by atoms with Gasteiger partial charge in [-0.3, -0.25) is 4.79 Å². The molecule has 1 aromatic rings. The standard InChI is InChI=1S/C17H21FO/c1-11-10-14(18)8-9-15(11)17(19)16(12-4-2-5-12)13-6-3-7-13/h8-10,12-13,16H,2-7H2,1H3. The van der Waals surface area contributed by atoms with Crippen molar-refractivity contribution in [1.82, 2.24) is 0 Å². The number of halogens is 1. The Bertz CT molecular complexity index is 472. The lowest BCUT2D eigenvalue weighted by Crippen LogP contribution is -2.38. The molecule has 0 spiro atoms. The van der Waals surface area contributed by atoms with E-state index >= 15 is 0 Å². The SMILES string of the molecule is Cc1cc(F)ccc1C(=O)C(C1CCC1)C1CCC1. The third-order valence-electron chi connectivity index (χ3n) is 5.07. The van der Waals surface area contributed by atoms with Crippen molar-refractivity contribution in [3.63, 3.8) is 0 Å². The Morgan fingerprint density at radius 1 is 1.16 bits per heavy atom. The van der Waals surface area contributed by atoms with Crippen LogP contribution in [-0.4, -0.2) is 5.78 Å². The van der Waals surface area contributed by atoms with Gasteiger partial charge in [-0.05, 0) is 68.2 Å². The molecular formula is C17H21FO. The zero-order valence-corrected chi connectivity index (χ0v) is 11.5. The molecule has 2 heteroatoms. The van der Waals surface area contributed by atoms with Gasteiger partial charge < -0.3 is 0 Å². The Morgan fingerprint density at radius 2 is 1.74 bits per heavy atom. The molecule has 1 aromatic carbocycles. The van der Waals surface area contributed by atoms with Crippen molar-refractivity contribution in [3.05, 3.63) is 35.1 Å². The maximum absolute atomic E-state index is 13.2. The molecule has 0 heterocycles. The third-order valence-corrected chi connectivity index (χ3v) is 5.07. The normalized spacial score (nSPS) is 20.2. The number of carbonyl (C=O) groups excluding carboxylic acids is 1. The van der Waals surface area contributed by atoms with Crippen LogP contribution in [0.3, 0.4) is 0 Å². The minimum absolute atomic E-state index is 0.201. The molecular weight excluding hydrogens is 239 g/mol. The number of carbonyl (C=O) groups is 1.